The van der Waals surface area contributed by atoms with E-state index in [1.807, 2.05) is 0 Å². The zero-order valence-electron chi connectivity index (χ0n) is 13.2. The van der Waals surface area contributed by atoms with Gasteiger partial charge in [-0.2, -0.15) is 0 Å². The Labute approximate surface area is 122 Å². The number of nitrogens with zero attached hydrogens (tertiary/aromatic N) is 2. The zero-order valence-corrected chi connectivity index (χ0v) is 13.2. The van der Waals surface area contributed by atoms with Crippen molar-refractivity contribution in [2.24, 2.45) is 4.99 Å². The fraction of sp³-hybridized carbons (Fsp3) is 0.929. The maximum absolute atomic E-state index is 5.40. The van der Waals surface area contributed by atoms with Gasteiger partial charge in [-0.15, -0.1) is 0 Å². The van der Waals surface area contributed by atoms with E-state index in [4.69, 9.17) is 9.47 Å². The third kappa shape index (κ3) is 6.54. The Bertz CT molecular complexity index is 274. The summed E-state index contributed by atoms with van der Waals surface area (Å²) in [5, 5.41) is 6.65. The van der Waals surface area contributed by atoms with Crippen LogP contribution in [-0.2, 0) is 9.47 Å². The number of likely N-dealkylation sites (N-methyl/N-ethyl adjacent to an activating group) is 1. The van der Waals surface area contributed by atoms with Crippen LogP contribution in [0.25, 0.3) is 0 Å². The van der Waals surface area contributed by atoms with E-state index in [-0.39, 0.29) is 0 Å². The summed E-state index contributed by atoms with van der Waals surface area (Å²) < 4.78 is 10.3. The lowest BCUT2D eigenvalue weighted by Gasteiger charge is -2.23. The number of aliphatic imine (C=N–C) groups is 1. The van der Waals surface area contributed by atoms with E-state index in [2.05, 4.69) is 27.4 Å². The molecular formula is C14H30N4O2. The lowest BCUT2D eigenvalue weighted by atomic mass is 10.2. The Morgan fingerprint density at radius 1 is 1.30 bits per heavy atom. The largest absolute Gasteiger partial charge is 0.382 e. The summed E-state index contributed by atoms with van der Waals surface area (Å²) in [5.74, 6) is 0.850. The zero-order chi connectivity index (χ0) is 14.6. The second-order valence-corrected chi connectivity index (χ2v) is 4.91. The summed E-state index contributed by atoms with van der Waals surface area (Å²) in [7, 11) is 3.48. The molecule has 6 nitrogen and oxygen atoms in total. The number of likely N-dealkylation sites (tertiary alicyclic amines) is 1. The highest BCUT2D eigenvalue weighted by atomic mass is 16.5. The Morgan fingerprint density at radius 3 is 2.85 bits per heavy atom. The Balaban J connectivity index is 2.10. The van der Waals surface area contributed by atoms with Crippen LogP contribution in [0.5, 0.6) is 0 Å². The number of nitrogens with one attached hydrogen (secondary N) is 2. The van der Waals surface area contributed by atoms with Gasteiger partial charge in [0, 0.05) is 33.3 Å². The number of guanidine groups is 1. The van der Waals surface area contributed by atoms with Crippen molar-refractivity contribution < 1.29 is 9.47 Å². The molecular weight excluding hydrogens is 256 g/mol. The van der Waals surface area contributed by atoms with Crippen molar-refractivity contribution in [2.75, 3.05) is 60.2 Å². The highest BCUT2D eigenvalue weighted by Crippen LogP contribution is 2.15. The number of ether oxygens (including phenoxy) is 2. The smallest absolute Gasteiger partial charge is 0.191 e. The standard InChI is InChI=1S/C14H30N4O2/c1-4-18-8-5-6-13(18)12-17-14(15-2)16-7-9-20-11-10-19-3/h13H,4-12H2,1-3H3,(H2,15,16,17). The fourth-order valence-electron chi connectivity index (χ4n) is 2.46. The number of methoxy groups -OCH3 is 1. The van der Waals surface area contributed by atoms with Crippen LogP contribution in [0, 0.1) is 0 Å². The minimum atomic E-state index is 0.636. The van der Waals surface area contributed by atoms with E-state index in [1.54, 1.807) is 14.2 Å². The Kier molecular flexibility index (Phi) is 9.36. The van der Waals surface area contributed by atoms with Gasteiger partial charge in [-0.1, -0.05) is 6.92 Å². The first kappa shape index (κ1) is 17.2. The van der Waals surface area contributed by atoms with Crippen molar-refractivity contribution in [3.8, 4) is 0 Å². The third-order valence-electron chi connectivity index (χ3n) is 3.60. The average molecular weight is 286 g/mol. The SMILES string of the molecule is CCN1CCCC1CNC(=NC)NCCOCCOC. The average Bonchev–Trinajstić information content (AvgIpc) is 2.93. The molecule has 6 heteroatoms. The number of hydrogen-bond donors (Lipinski definition) is 2. The summed E-state index contributed by atoms with van der Waals surface area (Å²) in [4.78, 5) is 6.75. The maximum Gasteiger partial charge on any atom is 0.191 e. The van der Waals surface area contributed by atoms with Crippen LogP contribution in [0.4, 0.5) is 0 Å². The summed E-state index contributed by atoms with van der Waals surface area (Å²) in [6.45, 7) is 8.23. The molecule has 0 aromatic rings. The fourth-order valence-corrected chi connectivity index (χ4v) is 2.46. The summed E-state index contributed by atoms with van der Waals surface area (Å²) in [6, 6.07) is 0.636. The first-order chi connectivity index (χ1) is 9.81. The molecule has 0 aromatic heterocycles. The monoisotopic (exact) mass is 286 g/mol. The van der Waals surface area contributed by atoms with Crippen LogP contribution in [0.1, 0.15) is 19.8 Å². The minimum absolute atomic E-state index is 0.636. The van der Waals surface area contributed by atoms with E-state index in [9.17, 15) is 0 Å². The van der Waals surface area contributed by atoms with Crippen molar-refractivity contribution in [3.63, 3.8) is 0 Å². The van der Waals surface area contributed by atoms with E-state index in [0.717, 1.165) is 25.6 Å². The highest BCUT2D eigenvalue weighted by molar-refractivity contribution is 5.79. The Morgan fingerprint density at radius 2 is 2.15 bits per heavy atom. The molecule has 0 aliphatic carbocycles. The predicted octanol–water partition coefficient (Wildman–Crippen LogP) is 0.299. The van der Waals surface area contributed by atoms with E-state index < -0.39 is 0 Å². The molecule has 1 aliphatic rings. The van der Waals surface area contributed by atoms with Crippen molar-refractivity contribution in [1.29, 1.82) is 0 Å². The van der Waals surface area contributed by atoms with E-state index >= 15 is 0 Å². The highest BCUT2D eigenvalue weighted by Gasteiger charge is 2.22. The van der Waals surface area contributed by atoms with Crippen LogP contribution in [0.15, 0.2) is 4.99 Å². The maximum atomic E-state index is 5.40. The molecule has 0 amide bonds. The summed E-state index contributed by atoms with van der Waals surface area (Å²) >= 11 is 0. The summed E-state index contributed by atoms with van der Waals surface area (Å²) in [6.07, 6.45) is 2.58. The Hall–Kier alpha value is -0.850. The molecule has 0 saturated carbocycles. The third-order valence-corrected chi connectivity index (χ3v) is 3.60. The van der Waals surface area contributed by atoms with Gasteiger partial charge < -0.3 is 20.1 Å². The molecule has 0 bridgehead atoms. The second kappa shape index (κ2) is 10.9. The van der Waals surface area contributed by atoms with Gasteiger partial charge in [0.1, 0.15) is 0 Å². The number of hydrogen-bond acceptors (Lipinski definition) is 4. The molecule has 1 aliphatic heterocycles. The molecule has 1 saturated heterocycles. The van der Waals surface area contributed by atoms with E-state index in [0.29, 0.717) is 25.9 Å². The van der Waals surface area contributed by atoms with Crippen LogP contribution in [0.3, 0.4) is 0 Å². The molecule has 2 N–H and O–H groups in total. The van der Waals surface area contributed by atoms with E-state index in [1.165, 1.54) is 19.4 Å². The molecule has 1 rings (SSSR count). The van der Waals surface area contributed by atoms with Crippen LogP contribution in [0.2, 0.25) is 0 Å². The van der Waals surface area contributed by atoms with Crippen molar-refractivity contribution in [1.82, 2.24) is 15.5 Å². The normalized spacial score (nSPS) is 20.4. The molecule has 0 spiro atoms. The van der Waals surface area contributed by atoms with Crippen LogP contribution < -0.4 is 10.6 Å². The molecule has 0 radical (unpaired) electrons. The first-order valence-electron chi connectivity index (χ1n) is 7.57. The van der Waals surface area contributed by atoms with Gasteiger partial charge in [0.2, 0.25) is 0 Å². The minimum Gasteiger partial charge on any atom is -0.382 e. The van der Waals surface area contributed by atoms with Crippen molar-refractivity contribution in [2.45, 2.75) is 25.8 Å². The number of rotatable bonds is 9. The first-order valence-corrected chi connectivity index (χ1v) is 7.57. The molecule has 1 atom stereocenters. The van der Waals surface area contributed by atoms with Crippen molar-refractivity contribution >= 4 is 5.96 Å². The van der Waals surface area contributed by atoms with Crippen LogP contribution in [-0.4, -0.2) is 77.1 Å². The molecule has 0 aromatic carbocycles. The van der Waals surface area contributed by atoms with Crippen LogP contribution >= 0.6 is 0 Å². The molecule has 1 unspecified atom stereocenters. The summed E-state index contributed by atoms with van der Waals surface area (Å²) in [5.41, 5.74) is 0. The molecule has 118 valence electrons. The van der Waals surface area contributed by atoms with Gasteiger partial charge >= 0.3 is 0 Å². The van der Waals surface area contributed by atoms with Gasteiger partial charge in [-0.05, 0) is 25.9 Å². The van der Waals surface area contributed by atoms with Gasteiger partial charge in [-0.25, -0.2) is 0 Å². The van der Waals surface area contributed by atoms with Crippen molar-refractivity contribution in [3.05, 3.63) is 0 Å². The quantitative estimate of drug-likeness (QED) is 0.363. The molecule has 1 heterocycles. The predicted molar refractivity (Wildman–Crippen MR) is 82.3 cm³/mol. The molecule has 1 fully saturated rings. The van der Waals surface area contributed by atoms with Gasteiger partial charge in [-0.3, -0.25) is 9.89 Å². The second-order valence-electron chi connectivity index (χ2n) is 4.91. The van der Waals surface area contributed by atoms with Gasteiger partial charge in [0.05, 0.1) is 19.8 Å². The lowest BCUT2D eigenvalue weighted by molar-refractivity contribution is 0.0733. The van der Waals surface area contributed by atoms with Gasteiger partial charge in [0.25, 0.3) is 0 Å². The lowest BCUT2D eigenvalue weighted by Crippen LogP contribution is -2.45. The topological polar surface area (TPSA) is 58.1 Å². The van der Waals surface area contributed by atoms with Gasteiger partial charge in [0.15, 0.2) is 5.96 Å². The molecule has 20 heavy (non-hydrogen) atoms.